The maximum Gasteiger partial charge on any atom is 0.185 e. The van der Waals surface area contributed by atoms with Crippen LogP contribution in [0.1, 0.15) is 4.88 Å². The molecule has 6 nitrogen and oxygen atoms in total. The van der Waals surface area contributed by atoms with Crippen LogP contribution in [0.2, 0.25) is 0 Å². The van der Waals surface area contributed by atoms with Crippen LogP contribution >= 0.6 is 11.3 Å². The van der Waals surface area contributed by atoms with Crippen LogP contribution in [0.4, 0.5) is 5.13 Å². The Kier molecular flexibility index (Phi) is 4.96. The molecule has 0 N–H and O–H groups in total. The zero-order valence-corrected chi connectivity index (χ0v) is 15.3. The number of nitrogens with zero attached hydrogens (tertiary/aromatic N) is 5. The molecule has 1 aliphatic rings. The molecule has 25 heavy (non-hydrogen) atoms. The average Bonchev–Trinajstić information content (AvgIpc) is 3.28. The molecule has 3 heterocycles. The van der Waals surface area contributed by atoms with Crippen molar-refractivity contribution < 1.29 is 4.74 Å². The van der Waals surface area contributed by atoms with Gasteiger partial charge < -0.3 is 14.2 Å². The van der Waals surface area contributed by atoms with Gasteiger partial charge in [-0.15, -0.1) is 11.3 Å². The predicted octanol–water partition coefficient (Wildman–Crippen LogP) is 2.46. The van der Waals surface area contributed by atoms with Gasteiger partial charge in [-0.1, -0.05) is 12.1 Å². The van der Waals surface area contributed by atoms with Crippen LogP contribution in [0.25, 0.3) is 11.0 Å². The Balaban J connectivity index is 1.33. The van der Waals surface area contributed by atoms with Gasteiger partial charge in [0, 0.05) is 43.8 Å². The number of morpholine rings is 1. The third kappa shape index (κ3) is 3.84. The van der Waals surface area contributed by atoms with E-state index in [1.54, 1.807) is 11.3 Å². The number of imidazole rings is 1. The van der Waals surface area contributed by atoms with E-state index in [1.165, 1.54) is 10.4 Å². The number of hydrogen-bond acceptors (Lipinski definition) is 6. The molecule has 1 saturated heterocycles. The summed E-state index contributed by atoms with van der Waals surface area (Å²) in [5.74, 6) is 0. The molecule has 0 aliphatic carbocycles. The van der Waals surface area contributed by atoms with Crippen molar-refractivity contribution in [3.05, 3.63) is 41.7 Å². The normalized spacial score (nSPS) is 15.4. The molecular weight excluding hydrogens is 334 g/mol. The van der Waals surface area contributed by atoms with Crippen molar-refractivity contribution >= 4 is 27.5 Å². The summed E-state index contributed by atoms with van der Waals surface area (Å²) < 4.78 is 7.63. The Hall–Kier alpha value is -1.96. The number of para-hydroxylation sites is 2. The van der Waals surface area contributed by atoms with Gasteiger partial charge in [0.05, 0.1) is 30.6 Å². The smallest absolute Gasteiger partial charge is 0.185 e. The molecule has 0 saturated carbocycles. The molecule has 1 fully saturated rings. The number of aromatic nitrogens is 3. The Labute approximate surface area is 151 Å². The summed E-state index contributed by atoms with van der Waals surface area (Å²) in [6.45, 7) is 6.32. The molecule has 132 valence electrons. The standard InChI is InChI=1S/C18H23N5OS/c1-21(6-7-23-14-20-16-4-2-3-5-17(16)23)13-15-12-19-18(25-15)22-8-10-24-11-9-22/h2-5,12,14H,6-11,13H2,1H3. The van der Waals surface area contributed by atoms with Crippen LogP contribution in [0.15, 0.2) is 36.8 Å². The van der Waals surface area contributed by atoms with Crippen LogP contribution in [0, 0.1) is 0 Å². The molecule has 0 unspecified atom stereocenters. The fraction of sp³-hybridized carbons (Fsp3) is 0.444. The van der Waals surface area contributed by atoms with Crippen LogP contribution in [-0.4, -0.2) is 59.3 Å². The first-order chi connectivity index (χ1) is 12.3. The summed E-state index contributed by atoms with van der Waals surface area (Å²) in [7, 11) is 2.16. The zero-order valence-electron chi connectivity index (χ0n) is 14.5. The molecule has 0 radical (unpaired) electrons. The van der Waals surface area contributed by atoms with Gasteiger partial charge in [0.2, 0.25) is 0 Å². The molecule has 0 amide bonds. The first kappa shape index (κ1) is 16.5. The number of hydrogen-bond donors (Lipinski definition) is 0. The molecule has 7 heteroatoms. The van der Waals surface area contributed by atoms with Gasteiger partial charge >= 0.3 is 0 Å². The van der Waals surface area contributed by atoms with Crippen molar-refractivity contribution in [3.8, 4) is 0 Å². The van der Waals surface area contributed by atoms with Gasteiger partial charge in [-0.25, -0.2) is 9.97 Å². The lowest BCUT2D eigenvalue weighted by molar-refractivity contribution is 0.122. The van der Waals surface area contributed by atoms with Crippen molar-refractivity contribution in [1.82, 2.24) is 19.4 Å². The highest BCUT2D eigenvalue weighted by molar-refractivity contribution is 7.15. The minimum Gasteiger partial charge on any atom is -0.378 e. The van der Waals surface area contributed by atoms with E-state index < -0.39 is 0 Å². The number of thiazole rings is 1. The van der Waals surface area contributed by atoms with E-state index in [0.717, 1.165) is 56.6 Å². The van der Waals surface area contributed by atoms with Gasteiger partial charge in [0.1, 0.15) is 0 Å². The highest BCUT2D eigenvalue weighted by Gasteiger charge is 2.15. The van der Waals surface area contributed by atoms with Crippen LogP contribution in [-0.2, 0) is 17.8 Å². The quantitative estimate of drug-likeness (QED) is 0.678. The minimum absolute atomic E-state index is 0.799. The van der Waals surface area contributed by atoms with Gasteiger partial charge in [-0.05, 0) is 19.2 Å². The maximum absolute atomic E-state index is 5.41. The number of ether oxygens (including phenoxy) is 1. The maximum atomic E-state index is 5.41. The number of fused-ring (bicyclic) bond motifs is 1. The zero-order chi connectivity index (χ0) is 17.1. The monoisotopic (exact) mass is 357 g/mol. The second-order valence-electron chi connectivity index (χ2n) is 6.37. The SMILES string of the molecule is CN(CCn1cnc2ccccc21)Cc1cnc(N2CCOCC2)s1. The summed E-state index contributed by atoms with van der Waals surface area (Å²) in [5.41, 5.74) is 2.26. The van der Waals surface area contributed by atoms with Crippen molar-refractivity contribution in [2.75, 3.05) is 44.8 Å². The molecule has 0 spiro atoms. The molecular formula is C18H23N5OS. The van der Waals surface area contributed by atoms with Gasteiger partial charge in [0.25, 0.3) is 0 Å². The van der Waals surface area contributed by atoms with E-state index in [2.05, 4.69) is 49.6 Å². The van der Waals surface area contributed by atoms with Crippen LogP contribution in [0.3, 0.4) is 0 Å². The molecule has 1 aliphatic heterocycles. The highest BCUT2D eigenvalue weighted by atomic mass is 32.1. The Morgan fingerprint density at radius 1 is 1.20 bits per heavy atom. The topological polar surface area (TPSA) is 46.4 Å². The van der Waals surface area contributed by atoms with Crippen molar-refractivity contribution in [1.29, 1.82) is 0 Å². The van der Waals surface area contributed by atoms with E-state index >= 15 is 0 Å². The Morgan fingerprint density at radius 2 is 2.04 bits per heavy atom. The largest absolute Gasteiger partial charge is 0.378 e. The third-order valence-corrected chi connectivity index (χ3v) is 5.54. The van der Waals surface area contributed by atoms with E-state index in [1.807, 2.05) is 18.6 Å². The second-order valence-corrected chi connectivity index (χ2v) is 7.47. The molecule has 0 bridgehead atoms. The number of rotatable bonds is 6. The number of anilines is 1. The van der Waals surface area contributed by atoms with Crippen molar-refractivity contribution in [3.63, 3.8) is 0 Å². The van der Waals surface area contributed by atoms with Gasteiger partial charge in [-0.3, -0.25) is 4.90 Å². The molecule has 1 aromatic carbocycles. The van der Waals surface area contributed by atoms with E-state index in [-0.39, 0.29) is 0 Å². The molecule has 0 atom stereocenters. The molecule has 3 aromatic rings. The summed E-state index contributed by atoms with van der Waals surface area (Å²) in [6, 6.07) is 8.27. The molecule has 4 rings (SSSR count). The minimum atomic E-state index is 0.799. The first-order valence-electron chi connectivity index (χ1n) is 8.65. The number of likely N-dealkylation sites (N-methyl/N-ethyl adjacent to an activating group) is 1. The Morgan fingerprint density at radius 3 is 2.92 bits per heavy atom. The van der Waals surface area contributed by atoms with E-state index in [9.17, 15) is 0 Å². The third-order valence-electron chi connectivity index (χ3n) is 4.50. The summed E-state index contributed by atoms with van der Waals surface area (Å²) in [4.78, 5) is 15.0. The van der Waals surface area contributed by atoms with Gasteiger partial charge in [-0.2, -0.15) is 0 Å². The fourth-order valence-corrected chi connectivity index (χ4v) is 4.13. The summed E-state index contributed by atoms with van der Waals surface area (Å²) in [6.07, 6.45) is 3.94. The second kappa shape index (κ2) is 7.51. The van der Waals surface area contributed by atoms with Crippen molar-refractivity contribution in [2.24, 2.45) is 0 Å². The highest BCUT2D eigenvalue weighted by Crippen LogP contribution is 2.24. The van der Waals surface area contributed by atoms with E-state index in [0.29, 0.717) is 0 Å². The lowest BCUT2D eigenvalue weighted by atomic mass is 10.3. The van der Waals surface area contributed by atoms with Crippen molar-refractivity contribution in [2.45, 2.75) is 13.1 Å². The lowest BCUT2D eigenvalue weighted by Crippen LogP contribution is -2.36. The fourth-order valence-electron chi connectivity index (χ4n) is 3.08. The summed E-state index contributed by atoms with van der Waals surface area (Å²) >= 11 is 1.79. The summed E-state index contributed by atoms with van der Waals surface area (Å²) in [5, 5.41) is 1.12. The average molecular weight is 357 g/mol. The molecule has 2 aromatic heterocycles. The lowest BCUT2D eigenvalue weighted by Gasteiger charge is -2.26. The van der Waals surface area contributed by atoms with Gasteiger partial charge in [0.15, 0.2) is 5.13 Å². The van der Waals surface area contributed by atoms with Crippen LogP contribution < -0.4 is 4.90 Å². The van der Waals surface area contributed by atoms with Crippen LogP contribution in [0.5, 0.6) is 0 Å². The first-order valence-corrected chi connectivity index (χ1v) is 9.47. The Bertz CT molecular complexity index is 824. The number of benzene rings is 1. The van der Waals surface area contributed by atoms with E-state index in [4.69, 9.17) is 4.74 Å². The predicted molar refractivity (Wildman–Crippen MR) is 101 cm³/mol.